The minimum Gasteiger partial charge on any atom is -0.510 e. The number of hydrogen-bond acceptors (Lipinski definition) is 8. The average molecular weight is 365 g/mol. The molecule has 0 aliphatic carbocycles. The molecule has 4 aromatic rings. The summed E-state index contributed by atoms with van der Waals surface area (Å²) in [6.07, 6.45) is 1.51. The van der Waals surface area contributed by atoms with E-state index < -0.39 is 0 Å². The lowest BCUT2D eigenvalue weighted by molar-refractivity contribution is 0.418. The number of aliphatic hydroxyl groups is 1. The van der Waals surface area contributed by atoms with Crippen LogP contribution in [0.2, 0.25) is 0 Å². The highest BCUT2D eigenvalue weighted by Crippen LogP contribution is 2.26. The molecule has 2 N–H and O–H groups in total. The Morgan fingerprint density at radius 2 is 2.12 bits per heavy atom. The van der Waals surface area contributed by atoms with Crippen LogP contribution in [0.1, 0.15) is 5.82 Å². The molecule has 26 heavy (non-hydrogen) atoms. The van der Waals surface area contributed by atoms with E-state index in [2.05, 4.69) is 20.2 Å². The minimum atomic E-state index is -0.130. The molecule has 0 unspecified atom stereocenters. The molecule has 0 atom stereocenters. The van der Waals surface area contributed by atoms with Crippen molar-refractivity contribution in [3.05, 3.63) is 54.2 Å². The smallest absolute Gasteiger partial charge is 0.284 e. The van der Waals surface area contributed by atoms with Crippen LogP contribution in [0.25, 0.3) is 28.3 Å². The van der Waals surface area contributed by atoms with E-state index in [0.29, 0.717) is 11.6 Å². The van der Waals surface area contributed by atoms with Crippen LogP contribution in [0.3, 0.4) is 0 Å². The largest absolute Gasteiger partial charge is 0.510 e. The molecule has 9 heteroatoms. The third-order valence-electron chi connectivity index (χ3n) is 3.50. The van der Waals surface area contributed by atoms with Crippen LogP contribution in [0.5, 0.6) is 0 Å². The fourth-order valence-corrected chi connectivity index (χ4v) is 2.94. The number of aromatic nitrogens is 4. The van der Waals surface area contributed by atoms with Crippen molar-refractivity contribution < 1.29 is 13.9 Å². The number of aliphatic hydroxyl groups excluding tert-OH is 1. The molecule has 4 rings (SSSR count). The van der Waals surface area contributed by atoms with E-state index in [1.807, 2.05) is 30.3 Å². The fourth-order valence-electron chi connectivity index (χ4n) is 2.30. The lowest BCUT2D eigenvalue weighted by Crippen LogP contribution is -1.95. The number of benzene rings is 1. The molecular formula is C17H11N5O3S. The molecule has 0 amide bonds. The van der Waals surface area contributed by atoms with E-state index in [1.165, 1.54) is 6.26 Å². The van der Waals surface area contributed by atoms with Crippen molar-refractivity contribution in [2.45, 2.75) is 5.22 Å². The number of nitriles is 1. The van der Waals surface area contributed by atoms with Gasteiger partial charge in [0.2, 0.25) is 0 Å². The number of nitrogens with zero attached hydrogens (tertiary/aromatic N) is 4. The maximum Gasteiger partial charge on any atom is 0.284 e. The molecule has 3 aromatic heterocycles. The van der Waals surface area contributed by atoms with Crippen molar-refractivity contribution in [3.63, 3.8) is 0 Å². The van der Waals surface area contributed by atoms with Crippen LogP contribution < -0.4 is 0 Å². The summed E-state index contributed by atoms with van der Waals surface area (Å²) in [6, 6.07) is 12.8. The van der Waals surface area contributed by atoms with Crippen LogP contribution in [-0.2, 0) is 0 Å². The van der Waals surface area contributed by atoms with Crippen molar-refractivity contribution in [3.8, 4) is 17.7 Å². The molecule has 0 spiro atoms. The molecule has 1 aromatic carbocycles. The summed E-state index contributed by atoms with van der Waals surface area (Å²) >= 11 is 1.11. The van der Waals surface area contributed by atoms with Gasteiger partial charge in [0.15, 0.2) is 11.6 Å². The predicted octanol–water partition coefficient (Wildman–Crippen LogP) is 3.79. The number of H-pyrrole nitrogens is 1. The molecule has 0 bridgehead atoms. The third-order valence-corrected chi connectivity index (χ3v) is 4.33. The number of thioether (sulfide) groups is 1. The van der Waals surface area contributed by atoms with Gasteiger partial charge in [-0.05, 0) is 24.3 Å². The van der Waals surface area contributed by atoms with Gasteiger partial charge < -0.3 is 18.9 Å². The number of nitrogens with one attached hydrogen (secondary N) is 1. The van der Waals surface area contributed by atoms with E-state index in [4.69, 9.17) is 8.83 Å². The zero-order chi connectivity index (χ0) is 17.9. The topological polar surface area (TPSA) is 125 Å². The molecule has 0 saturated carbocycles. The average Bonchev–Trinajstić information content (AvgIpc) is 3.39. The van der Waals surface area contributed by atoms with Gasteiger partial charge in [-0.25, -0.2) is 4.98 Å². The number of allylic oxidation sites excluding steroid dienone is 1. The van der Waals surface area contributed by atoms with Gasteiger partial charge in [0.05, 0.1) is 23.0 Å². The van der Waals surface area contributed by atoms with E-state index in [1.54, 1.807) is 12.1 Å². The van der Waals surface area contributed by atoms with E-state index in [-0.39, 0.29) is 28.2 Å². The Labute approximate surface area is 151 Å². The van der Waals surface area contributed by atoms with Crippen molar-refractivity contribution in [2.75, 3.05) is 5.75 Å². The fraction of sp³-hybridized carbons (Fsp3) is 0.0588. The highest BCUT2D eigenvalue weighted by atomic mass is 32.2. The van der Waals surface area contributed by atoms with Crippen LogP contribution in [0.4, 0.5) is 0 Å². The first-order chi connectivity index (χ1) is 12.7. The maximum atomic E-state index is 10.3. The van der Waals surface area contributed by atoms with Gasteiger partial charge >= 0.3 is 0 Å². The van der Waals surface area contributed by atoms with Crippen LogP contribution in [0, 0.1) is 11.3 Å². The van der Waals surface area contributed by atoms with Gasteiger partial charge in [-0.2, -0.15) is 5.26 Å². The van der Waals surface area contributed by atoms with Gasteiger partial charge in [-0.3, -0.25) is 0 Å². The zero-order valence-corrected chi connectivity index (χ0v) is 14.0. The monoisotopic (exact) mass is 365 g/mol. The van der Waals surface area contributed by atoms with Crippen molar-refractivity contribution in [2.24, 2.45) is 0 Å². The Morgan fingerprint density at radius 1 is 1.23 bits per heavy atom. The highest BCUT2D eigenvalue weighted by molar-refractivity contribution is 7.99. The van der Waals surface area contributed by atoms with Gasteiger partial charge in [-0.15, -0.1) is 10.2 Å². The third kappa shape index (κ3) is 3.05. The summed E-state index contributed by atoms with van der Waals surface area (Å²) in [5.74, 6) is 0.977. The van der Waals surface area contributed by atoms with E-state index in [0.717, 1.165) is 22.8 Å². The van der Waals surface area contributed by atoms with E-state index >= 15 is 0 Å². The summed E-state index contributed by atoms with van der Waals surface area (Å²) in [7, 11) is 0. The molecule has 0 aliphatic heterocycles. The number of hydrogen-bond donors (Lipinski definition) is 2. The molecule has 128 valence electrons. The van der Waals surface area contributed by atoms with Gasteiger partial charge in [0.1, 0.15) is 17.4 Å². The molecule has 0 aliphatic rings. The van der Waals surface area contributed by atoms with Crippen molar-refractivity contribution in [1.29, 1.82) is 5.26 Å². The quantitative estimate of drug-likeness (QED) is 0.311. The SMILES string of the molecule is N#C/C(=C(/O)CSc1nnc(-c2ccco2)o1)c1nc2ccccc2[nH]1. The van der Waals surface area contributed by atoms with Crippen molar-refractivity contribution >= 4 is 28.4 Å². The summed E-state index contributed by atoms with van der Waals surface area (Å²) in [6.45, 7) is 0. The lowest BCUT2D eigenvalue weighted by Gasteiger charge is -2.00. The van der Waals surface area contributed by atoms with Crippen LogP contribution >= 0.6 is 11.8 Å². The molecular weight excluding hydrogens is 354 g/mol. The maximum absolute atomic E-state index is 10.3. The number of fused-ring (bicyclic) bond motifs is 1. The van der Waals surface area contributed by atoms with Crippen molar-refractivity contribution in [1.82, 2.24) is 20.2 Å². The predicted molar refractivity (Wildman–Crippen MR) is 94.0 cm³/mol. The van der Waals surface area contributed by atoms with Gasteiger partial charge in [0, 0.05) is 0 Å². The first kappa shape index (κ1) is 16.0. The lowest BCUT2D eigenvalue weighted by atomic mass is 10.2. The summed E-state index contributed by atoms with van der Waals surface area (Å²) in [5.41, 5.74) is 1.57. The zero-order valence-electron chi connectivity index (χ0n) is 13.2. The Bertz CT molecular complexity index is 1090. The molecule has 0 fully saturated rings. The van der Waals surface area contributed by atoms with Crippen LogP contribution in [0.15, 0.2) is 62.5 Å². The number of para-hydroxylation sites is 2. The molecule has 3 heterocycles. The Balaban J connectivity index is 1.53. The first-order valence-electron chi connectivity index (χ1n) is 7.52. The number of furan rings is 1. The Morgan fingerprint density at radius 3 is 2.88 bits per heavy atom. The van der Waals surface area contributed by atoms with Gasteiger partial charge in [0.25, 0.3) is 11.1 Å². The Hall–Kier alpha value is -3.51. The summed E-state index contributed by atoms with van der Waals surface area (Å²) < 4.78 is 10.6. The first-order valence-corrected chi connectivity index (χ1v) is 8.50. The summed E-state index contributed by atoms with van der Waals surface area (Å²) in [4.78, 5) is 7.35. The number of imidazole rings is 1. The summed E-state index contributed by atoms with van der Waals surface area (Å²) in [5, 5.41) is 27.7. The number of aromatic amines is 1. The second kappa shape index (κ2) is 6.78. The molecule has 8 nitrogen and oxygen atoms in total. The normalized spacial score (nSPS) is 12.1. The second-order valence-corrected chi connectivity index (χ2v) is 6.10. The molecule has 0 saturated heterocycles. The second-order valence-electron chi connectivity index (χ2n) is 5.18. The molecule has 0 radical (unpaired) electrons. The Kier molecular flexibility index (Phi) is 4.17. The van der Waals surface area contributed by atoms with E-state index in [9.17, 15) is 10.4 Å². The van der Waals surface area contributed by atoms with Crippen LogP contribution in [-0.4, -0.2) is 31.0 Å². The van der Waals surface area contributed by atoms with Gasteiger partial charge in [-0.1, -0.05) is 23.9 Å². The number of rotatable bonds is 5. The minimum absolute atomic E-state index is 0.0690. The highest BCUT2D eigenvalue weighted by Gasteiger charge is 2.16. The standard InChI is InChI=1S/C17H11N5O3S/c18-8-10(15-19-11-4-1-2-5-12(11)20-15)13(23)9-26-17-22-21-16(25-17)14-6-3-7-24-14/h1-7,23H,9H2,(H,19,20)/b13-10-.